The largest absolute Gasteiger partial charge is 0.457 e. The normalized spacial score (nSPS) is 37.7. The summed E-state index contributed by atoms with van der Waals surface area (Å²) in [7, 11) is 0. The maximum Gasteiger partial charge on any atom is 0.334 e. The Morgan fingerprint density at radius 3 is 2.95 bits per heavy atom. The van der Waals surface area contributed by atoms with Crippen LogP contribution in [0.25, 0.3) is 0 Å². The average molecular weight is 262 g/mol. The predicted molar refractivity (Wildman–Crippen MR) is 69.1 cm³/mol. The number of carbonyl (C=O) groups is 1. The summed E-state index contributed by atoms with van der Waals surface area (Å²) >= 11 is 0. The fourth-order valence-corrected chi connectivity index (χ4v) is 3.63. The van der Waals surface area contributed by atoms with E-state index in [0.29, 0.717) is 12.0 Å². The number of aliphatic hydroxyl groups is 2. The monoisotopic (exact) mass is 262 g/mol. The number of carbonyl (C=O) groups excluding carboxylic acids is 1. The molecule has 3 aliphatic rings. The summed E-state index contributed by atoms with van der Waals surface area (Å²) < 4.78 is 5.45. The lowest BCUT2D eigenvalue weighted by Gasteiger charge is -2.25. The van der Waals surface area contributed by atoms with Gasteiger partial charge in [-0.2, -0.15) is 0 Å². The maximum atomic E-state index is 11.7. The molecule has 4 heteroatoms. The fourth-order valence-electron chi connectivity index (χ4n) is 3.63. The van der Waals surface area contributed by atoms with Crippen molar-refractivity contribution in [1.29, 1.82) is 0 Å². The van der Waals surface area contributed by atoms with Gasteiger partial charge >= 0.3 is 5.97 Å². The van der Waals surface area contributed by atoms with Gasteiger partial charge in [0.05, 0.1) is 18.6 Å². The van der Waals surface area contributed by atoms with Crippen molar-refractivity contribution in [2.75, 3.05) is 6.61 Å². The fraction of sp³-hybridized carbons (Fsp3) is 0.533. The molecule has 1 saturated heterocycles. The lowest BCUT2D eigenvalue weighted by molar-refractivity contribution is -0.140. The minimum absolute atomic E-state index is 0.00694. The van der Waals surface area contributed by atoms with Crippen molar-refractivity contribution in [3.05, 3.63) is 34.9 Å². The first kappa shape index (κ1) is 12.6. The molecule has 2 N–H and O–H groups in total. The minimum Gasteiger partial charge on any atom is -0.457 e. The second-order valence-electron chi connectivity index (χ2n) is 5.61. The molecule has 4 unspecified atom stereocenters. The lowest BCUT2D eigenvalue weighted by atomic mass is 9.82. The van der Waals surface area contributed by atoms with Crippen molar-refractivity contribution in [3.8, 4) is 0 Å². The molecule has 102 valence electrons. The molecule has 0 spiro atoms. The number of allylic oxidation sites excluding steroid dienone is 1. The molecule has 0 bridgehead atoms. The summed E-state index contributed by atoms with van der Waals surface area (Å²) in [5.41, 5.74) is 3.49. The first-order chi connectivity index (χ1) is 9.04. The van der Waals surface area contributed by atoms with Gasteiger partial charge in [0, 0.05) is 11.5 Å². The molecule has 0 radical (unpaired) electrons. The van der Waals surface area contributed by atoms with Crippen LogP contribution in [0.15, 0.2) is 34.9 Å². The number of hydrogen-bond acceptors (Lipinski definition) is 4. The van der Waals surface area contributed by atoms with Crippen LogP contribution in [0.1, 0.15) is 19.8 Å². The zero-order chi connectivity index (χ0) is 13.7. The highest BCUT2D eigenvalue weighted by Gasteiger charge is 2.51. The third-order valence-electron chi connectivity index (χ3n) is 4.62. The SMILES string of the molecule is C=C1C(=O)OC2C3C(C)=CCC3=C(CO)CC(O)C12. The van der Waals surface area contributed by atoms with Gasteiger partial charge in [0.1, 0.15) is 6.10 Å². The van der Waals surface area contributed by atoms with Crippen molar-refractivity contribution in [2.24, 2.45) is 11.8 Å². The third kappa shape index (κ3) is 1.70. The number of esters is 1. The van der Waals surface area contributed by atoms with Gasteiger partial charge in [0.15, 0.2) is 0 Å². The van der Waals surface area contributed by atoms with E-state index in [1.165, 1.54) is 0 Å². The molecule has 0 aromatic heterocycles. The molecule has 0 amide bonds. The molecule has 1 heterocycles. The summed E-state index contributed by atoms with van der Waals surface area (Å²) in [6.45, 7) is 5.73. The Morgan fingerprint density at radius 1 is 1.53 bits per heavy atom. The van der Waals surface area contributed by atoms with Crippen molar-refractivity contribution >= 4 is 5.97 Å². The highest BCUT2D eigenvalue weighted by molar-refractivity contribution is 5.91. The zero-order valence-corrected chi connectivity index (χ0v) is 10.9. The van der Waals surface area contributed by atoms with Crippen molar-refractivity contribution in [1.82, 2.24) is 0 Å². The summed E-state index contributed by atoms with van der Waals surface area (Å²) in [4.78, 5) is 11.7. The molecule has 19 heavy (non-hydrogen) atoms. The zero-order valence-electron chi connectivity index (χ0n) is 10.9. The Labute approximate surface area is 112 Å². The van der Waals surface area contributed by atoms with Crippen LogP contribution < -0.4 is 0 Å². The summed E-state index contributed by atoms with van der Waals surface area (Å²) in [5, 5.41) is 19.9. The maximum absolute atomic E-state index is 11.7. The third-order valence-corrected chi connectivity index (χ3v) is 4.62. The van der Waals surface area contributed by atoms with Crippen LogP contribution in [0, 0.1) is 11.8 Å². The Hall–Kier alpha value is -1.39. The first-order valence-corrected chi connectivity index (χ1v) is 6.60. The second kappa shape index (κ2) is 4.32. The van der Waals surface area contributed by atoms with Gasteiger partial charge in [-0.25, -0.2) is 4.79 Å². The molecular weight excluding hydrogens is 244 g/mol. The first-order valence-electron chi connectivity index (χ1n) is 6.60. The van der Waals surface area contributed by atoms with E-state index in [9.17, 15) is 15.0 Å². The van der Waals surface area contributed by atoms with E-state index in [4.69, 9.17) is 4.74 Å². The molecule has 1 fully saturated rings. The van der Waals surface area contributed by atoms with Crippen molar-refractivity contribution in [2.45, 2.75) is 32.0 Å². The van der Waals surface area contributed by atoms with Gasteiger partial charge < -0.3 is 14.9 Å². The standard InChI is InChI=1S/C15H18O4/c1-7-3-4-10-9(6-16)5-11(17)13-8(2)15(18)19-14(13)12(7)10/h3,11-14,16-17H,2,4-6H2,1H3. The molecule has 1 aliphatic heterocycles. The predicted octanol–water partition coefficient (Wildman–Crippen LogP) is 1.10. The van der Waals surface area contributed by atoms with Crippen molar-refractivity contribution < 1.29 is 19.7 Å². The molecule has 0 aromatic rings. The molecule has 2 aliphatic carbocycles. The number of aliphatic hydroxyl groups excluding tert-OH is 2. The number of fused-ring (bicyclic) bond motifs is 3. The molecule has 4 nitrogen and oxygen atoms in total. The average Bonchev–Trinajstić information content (AvgIpc) is 2.84. The summed E-state index contributed by atoms with van der Waals surface area (Å²) in [5.74, 6) is -0.772. The van der Waals surface area contributed by atoms with E-state index in [0.717, 1.165) is 23.1 Å². The molecule has 3 rings (SSSR count). The number of hydrogen-bond donors (Lipinski definition) is 2. The number of ether oxygens (including phenoxy) is 1. The van der Waals surface area contributed by atoms with Crippen LogP contribution in [-0.2, 0) is 9.53 Å². The van der Waals surface area contributed by atoms with Gasteiger partial charge in [-0.15, -0.1) is 0 Å². The van der Waals surface area contributed by atoms with Gasteiger partial charge in [-0.05, 0) is 25.3 Å². The highest BCUT2D eigenvalue weighted by Crippen LogP contribution is 2.48. The van der Waals surface area contributed by atoms with E-state index in [1.807, 2.05) is 6.92 Å². The topological polar surface area (TPSA) is 66.8 Å². The Kier molecular flexibility index (Phi) is 2.87. The van der Waals surface area contributed by atoms with Crippen LogP contribution in [0.5, 0.6) is 0 Å². The Balaban J connectivity index is 2.09. The van der Waals surface area contributed by atoms with E-state index < -0.39 is 12.1 Å². The van der Waals surface area contributed by atoms with Crippen LogP contribution in [0.3, 0.4) is 0 Å². The Morgan fingerprint density at radius 2 is 2.26 bits per heavy atom. The van der Waals surface area contributed by atoms with Crippen molar-refractivity contribution in [3.63, 3.8) is 0 Å². The van der Waals surface area contributed by atoms with Crippen LogP contribution >= 0.6 is 0 Å². The van der Waals surface area contributed by atoms with E-state index in [-0.39, 0.29) is 24.5 Å². The molecular formula is C15H18O4. The van der Waals surface area contributed by atoms with Gasteiger partial charge in [0.25, 0.3) is 0 Å². The Bertz CT molecular complexity index is 514. The quantitative estimate of drug-likeness (QED) is 0.422. The summed E-state index contributed by atoms with van der Waals surface area (Å²) in [6.07, 6.45) is 2.19. The summed E-state index contributed by atoms with van der Waals surface area (Å²) in [6, 6.07) is 0. The lowest BCUT2D eigenvalue weighted by Crippen LogP contribution is -2.33. The minimum atomic E-state index is -0.711. The van der Waals surface area contributed by atoms with Crippen LogP contribution in [0.2, 0.25) is 0 Å². The van der Waals surface area contributed by atoms with Gasteiger partial charge in [-0.1, -0.05) is 23.8 Å². The van der Waals surface area contributed by atoms with Crippen LogP contribution in [-0.4, -0.2) is 35.0 Å². The van der Waals surface area contributed by atoms with E-state index in [1.54, 1.807) is 0 Å². The number of rotatable bonds is 1. The van der Waals surface area contributed by atoms with E-state index >= 15 is 0 Å². The highest BCUT2D eigenvalue weighted by atomic mass is 16.6. The second-order valence-corrected chi connectivity index (χ2v) is 5.61. The smallest absolute Gasteiger partial charge is 0.334 e. The molecule has 4 atom stereocenters. The van der Waals surface area contributed by atoms with Crippen LogP contribution in [0.4, 0.5) is 0 Å². The molecule has 0 aromatic carbocycles. The van der Waals surface area contributed by atoms with Gasteiger partial charge in [0.2, 0.25) is 0 Å². The molecule has 0 saturated carbocycles. The van der Waals surface area contributed by atoms with E-state index in [2.05, 4.69) is 12.7 Å². The van der Waals surface area contributed by atoms with Gasteiger partial charge in [-0.3, -0.25) is 0 Å².